The van der Waals surface area contributed by atoms with E-state index in [4.69, 9.17) is 9.47 Å². The van der Waals surface area contributed by atoms with Gasteiger partial charge in [0.1, 0.15) is 22.7 Å². The Morgan fingerprint density at radius 2 is 1.78 bits per heavy atom. The molecule has 0 aliphatic heterocycles. The number of carbonyl (C=O) groups is 1. The van der Waals surface area contributed by atoms with E-state index < -0.39 is 10.9 Å². The molecule has 0 amide bonds. The van der Waals surface area contributed by atoms with Crippen LogP contribution in [0, 0.1) is 10.1 Å². The zero-order valence-corrected chi connectivity index (χ0v) is 14.8. The standard InChI is InChI=1S/C18H17N3O6/c1-20-16(18(22)23)9-13-14(4-5-15(17(13)20)21(24)25)19-10-6-11(26-2)8-12(7-10)27-3/h4-9,19H,1-3H3,(H,22,23). The lowest BCUT2D eigenvalue weighted by Gasteiger charge is -2.12. The number of carboxylic acid groups (broad SMARTS) is 1. The zero-order chi connectivity index (χ0) is 19.7. The lowest BCUT2D eigenvalue weighted by Crippen LogP contribution is -2.04. The fraction of sp³-hybridized carbons (Fsp3) is 0.167. The number of nitrogens with one attached hydrogen (secondary N) is 1. The number of nitro groups is 1. The number of fused-ring (bicyclic) bond motifs is 1. The quantitative estimate of drug-likeness (QED) is 0.503. The lowest BCUT2D eigenvalue weighted by atomic mass is 10.1. The molecule has 0 aliphatic rings. The third-order valence-corrected chi connectivity index (χ3v) is 4.22. The van der Waals surface area contributed by atoms with Crippen molar-refractivity contribution in [2.24, 2.45) is 7.05 Å². The highest BCUT2D eigenvalue weighted by atomic mass is 16.6. The van der Waals surface area contributed by atoms with Crippen LogP contribution in [0.25, 0.3) is 10.9 Å². The van der Waals surface area contributed by atoms with Crippen LogP contribution in [-0.2, 0) is 7.05 Å². The SMILES string of the molecule is COc1cc(Nc2ccc([N+](=O)[O-])c3c2cc(C(=O)O)n3C)cc(OC)c1. The number of non-ortho nitro benzene ring substituents is 1. The Morgan fingerprint density at radius 1 is 1.15 bits per heavy atom. The molecule has 9 heteroatoms. The van der Waals surface area contributed by atoms with E-state index in [2.05, 4.69) is 5.32 Å². The van der Waals surface area contributed by atoms with Gasteiger partial charge in [-0.2, -0.15) is 0 Å². The summed E-state index contributed by atoms with van der Waals surface area (Å²) in [6.45, 7) is 0. The number of rotatable bonds is 6. The number of ether oxygens (including phenoxy) is 2. The first-order valence-corrected chi connectivity index (χ1v) is 7.86. The Kier molecular flexibility index (Phi) is 4.59. The molecular weight excluding hydrogens is 354 g/mol. The predicted octanol–water partition coefficient (Wildman–Crippen LogP) is 3.55. The summed E-state index contributed by atoms with van der Waals surface area (Å²) < 4.78 is 11.8. The third-order valence-electron chi connectivity index (χ3n) is 4.22. The van der Waals surface area contributed by atoms with Crippen LogP contribution in [0.3, 0.4) is 0 Å². The van der Waals surface area contributed by atoms with Crippen molar-refractivity contribution in [2.45, 2.75) is 0 Å². The van der Waals surface area contributed by atoms with E-state index in [1.807, 2.05) is 0 Å². The number of hydrogen-bond acceptors (Lipinski definition) is 6. The number of aromatic nitrogens is 1. The Morgan fingerprint density at radius 3 is 2.30 bits per heavy atom. The smallest absolute Gasteiger partial charge is 0.352 e. The maximum atomic E-state index is 11.5. The molecule has 0 aliphatic carbocycles. The highest BCUT2D eigenvalue weighted by Crippen LogP contribution is 2.36. The number of benzene rings is 2. The third kappa shape index (κ3) is 3.22. The summed E-state index contributed by atoms with van der Waals surface area (Å²) in [5, 5.41) is 24.3. The summed E-state index contributed by atoms with van der Waals surface area (Å²) in [7, 11) is 4.54. The van der Waals surface area contributed by atoms with Crippen LogP contribution in [0.4, 0.5) is 17.1 Å². The second kappa shape index (κ2) is 6.87. The molecule has 0 fully saturated rings. The van der Waals surface area contributed by atoms with Crippen LogP contribution in [0.1, 0.15) is 10.5 Å². The van der Waals surface area contributed by atoms with Gasteiger partial charge in [-0.15, -0.1) is 0 Å². The van der Waals surface area contributed by atoms with Crippen LogP contribution in [0.5, 0.6) is 11.5 Å². The normalized spacial score (nSPS) is 10.6. The minimum atomic E-state index is -1.17. The second-order valence-electron chi connectivity index (χ2n) is 5.77. The number of anilines is 2. The Hall–Kier alpha value is -3.75. The van der Waals surface area contributed by atoms with E-state index in [9.17, 15) is 20.0 Å². The maximum absolute atomic E-state index is 11.5. The van der Waals surface area contributed by atoms with Crippen LogP contribution in [-0.4, -0.2) is 34.8 Å². The number of nitrogens with zero attached hydrogens (tertiary/aromatic N) is 2. The van der Waals surface area contributed by atoms with E-state index in [-0.39, 0.29) is 16.9 Å². The van der Waals surface area contributed by atoms with Crippen molar-refractivity contribution in [1.29, 1.82) is 0 Å². The van der Waals surface area contributed by atoms with Gasteiger partial charge in [0, 0.05) is 48.1 Å². The number of methoxy groups -OCH3 is 2. The molecule has 2 N–H and O–H groups in total. The summed E-state index contributed by atoms with van der Waals surface area (Å²) in [6, 6.07) is 9.46. The van der Waals surface area contributed by atoms with Gasteiger partial charge in [0.25, 0.3) is 5.69 Å². The van der Waals surface area contributed by atoms with Crippen LogP contribution >= 0.6 is 0 Å². The van der Waals surface area contributed by atoms with Crippen molar-refractivity contribution in [3.63, 3.8) is 0 Å². The summed E-state index contributed by atoms with van der Waals surface area (Å²) in [5.74, 6) is -0.0411. The first-order valence-electron chi connectivity index (χ1n) is 7.86. The molecule has 27 heavy (non-hydrogen) atoms. The van der Waals surface area contributed by atoms with Crippen molar-refractivity contribution in [3.05, 3.63) is 52.2 Å². The average molecular weight is 371 g/mol. The first-order chi connectivity index (χ1) is 12.8. The zero-order valence-electron chi connectivity index (χ0n) is 14.8. The van der Waals surface area contributed by atoms with E-state index >= 15 is 0 Å². The molecule has 9 nitrogen and oxygen atoms in total. The Bertz CT molecular complexity index is 1030. The Labute approximate surface area is 153 Å². The highest BCUT2D eigenvalue weighted by Gasteiger charge is 2.22. The average Bonchev–Trinajstić information content (AvgIpc) is 2.99. The fourth-order valence-corrected chi connectivity index (χ4v) is 2.95. The topological polar surface area (TPSA) is 116 Å². The minimum Gasteiger partial charge on any atom is -0.497 e. The van der Waals surface area contributed by atoms with Crippen molar-refractivity contribution in [1.82, 2.24) is 4.57 Å². The number of carboxylic acids is 1. The van der Waals surface area contributed by atoms with Crippen LogP contribution < -0.4 is 14.8 Å². The van der Waals surface area contributed by atoms with Gasteiger partial charge in [0.05, 0.1) is 19.1 Å². The molecule has 1 heterocycles. The second-order valence-corrected chi connectivity index (χ2v) is 5.77. The summed E-state index contributed by atoms with van der Waals surface area (Å²) in [4.78, 5) is 22.3. The van der Waals surface area contributed by atoms with Crippen LogP contribution in [0.2, 0.25) is 0 Å². The summed E-state index contributed by atoms with van der Waals surface area (Å²) in [6.07, 6.45) is 0. The van der Waals surface area contributed by atoms with Crippen molar-refractivity contribution >= 4 is 33.9 Å². The van der Waals surface area contributed by atoms with Gasteiger partial charge in [-0.25, -0.2) is 4.79 Å². The lowest BCUT2D eigenvalue weighted by molar-refractivity contribution is -0.383. The number of aryl methyl sites for hydroxylation is 1. The molecule has 0 saturated heterocycles. The summed E-state index contributed by atoms with van der Waals surface area (Å²) in [5.41, 5.74) is 1.15. The van der Waals surface area contributed by atoms with Gasteiger partial charge in [0.15, 0.2) is 0 Å². The van der Waals surface area contributed by atoms with Gasteiger partial charge in [-0.1, -0.05) is 0 Å². The predicted molar refractivity (Wildman–Crippen MR) is 99.4 cm³/mol. The van der Waals surface area contributed by atoms with E-state index in [0.717, 1.165) is 0 Å². The monoisotopic (exact) mass is 371 g/mol. The molecule has 0 saturated carbocycles. The van der Waals surface area contributed by atoms with Gasteiger partial charge >= 0.3 is 5.97 Å². The number of nitro benzene ring substituents is 1. The molecular formula is C18H17N3O6. The van der Waals surface area contributed by atoms with E-state index in [1.165, 1.54) is 44.0 Å². The highest BCUT2D eigenvalue weighted by molar-refractivity contribution is 6.04. The van der Waals surface area contributed by atoms with Gasteiger partial charge in [-0.3, -0.25) is 10.1 Å². The van der Waals surface area contributed by atoms with Crippen molar-refractivity contribution in [2.75, 3.05) is 19.5 Å². The molecule has 0 atom stereocenters. The summed E-state index contributed by atoms with van der Waals surface area (Å²) >= 11 is 0. The largest absolute Gasteiger partial charge is 0.497 e. The molecule has 2 aromatic carbocycles. The minimum absolute atomic E-state index is 0.0504. The van der Waals surface area contributed by atoms with Gasteiger partial charge < -0.3 is 24.5 Å². The Balaban J connectivity index is 2.18. The van der Waals surface area contributed by atoms with Gasteiger partial charge in [-0.05, 0) is 12.1 Å². The van der Waals surface area contributed by atoms with Crippen molar-refractivity contribution < 1.29 is 24.3 Å². The number of aromatic carboxylic acids is 1. The molecule has 0 unspecified atom stereocenters. The van der Waals surface area contributed by atoms with Crippen molar-refractivity contribution in [3.8, 4) is 11.5 Å². The van der Waals surface area contributed by atoms with Crippen LogP contribution in [0.15, 0.2) is 36.4 Å². The fourth-order valence-electron chi connectivity index (χ4n) is 2.95. The first kappa shape index (κ1) is 18.1. The number of hydrogen-bond donors (Lipinski definition) is 2. The molecule has 1 aromatic heterocycles. The van der Waals surface area contributed by atoms with Gasteiger partial charge in [0.2, 0.25) is 0 Å². The maximum Gasteiger partial charge on any atom is 0.352 e. The molecule has 3 rings (SSSR count). The van der Waals surface area contributed by atoms with E-state index in [1.54, 1.807) is 18.2 Å². The molecule has 0 bridgehead atoms. The molecule has 0 radical (unpaired) electrons. The molecule has 140 valence electrons. The molecule has 0 spiro atoms. The molecule has 3 aromatic rings. The van der Waals surface area contributed by atoms with E-state index in [0.29, 0.717) is 28.3 Å².